The minimum absolute atomic E-state index is 0.168. The van der Waals surface area contributed by atoms with E-state index in [9.17, 15) is 0 Å². The first-order valence-electron chi connectivity index (χ1n) is 22.0. The molecule has 0 saturated heterocycles. The molecule has 0 saturated carbocycles. The second-order valence-corrected chi connectivity index (χ2v) is 17.5. The van der Waals surface area contributed by atoms with Gasteiger partial charge in [0.15, 0.2) is 7.28 Å². The summed E-state index contributed by atoms with van der Waals surface area (Å²) in [5, 5.41) is 6.53. The Bertz CT molecular complexity index is 3280. The molecule has 0 spiro atoms. The number of nitrogens with zero attached hydrogens (tertiary/aromatic N) is 3. The molecule has 12 rings (SSSR count). The first kappa shape index (κ1) is 37.0. The van der Waals surface area contributed by atoms with Crippen LogP contribution in [0.5, 0.6) is 0 Å². The fourth-order valence-electron chi connectivity index (χ4n) is 10.5. The van der Waals surface area contributed by atoms with Gasteiger partial charge in [-0.1, -0.05) is 152 Å². The molecule has 5 heteroatoms. The number of aryl methyl sites for hydroxylation is 1. The van der Waals surface area contributed by atoms with Crippen LogP contribution in [0.1, 0.15) is 30.5 Å². The maximum atomic E-state index is 3.97. The van der Waals surface area contributed by atoms with Crippen molar-refractivity contribution in [2.24, 2.45) is 0 Å². The fraction of sp³-hybridized carbons (Fsp3) is 0.0690. The van der Waals surface area contributed by atoms with Gasteiger partial charge in [0, 0.05) is 67.2 Å². The second kappa shape index (κ2) is 14.4. The van der Waals surface area contributed by atoms with Crippen molar-refractivity contribution in [3.05, 3.63) is 223 Å². The normalized spacial score (nSPS) is 12.9. The van der Waals surface area contributed by atoms with Gasteiger partial charge in [-0.3, -0.25) is 0 Å². The lowest BCUT2D eigenvalue weighted by Crippen LogP contribution is -2.41. The number of rotatable bonds is 9. The first-order valence-corrected chi connectivity index (χ1v) is 22.0. The molecule has 0 aliphatic carbocycles. The number of benzene rings is 9. The van der Waals surface area contributed by atoms with Crippen LogP contribution in [0, 0.1) is 6.92 Å². The fourth-order valence-corrected chi connectivity index (χ4v) is 10.5. The third kappa shape index (κ3) is 5.84. The molecule has 0 bridgehead atoms. The Balaban J connectivity index is 1.20. The largest absolute Gasteiger partial charge is 0.355 e. The third-order valence-corrected chi connectivity index (χ3v) is 13.4. The topological polar surface area (TPSA) is 23.4 Å². The molecule has 3 heterocycles. The van der Waals surface area contributed by atoms with E-state index in [4.69, 9.17) is 0 Å². The van der Waals surface area contributed by atoms with Crippen LogP contribution in [0.3, 0.4) is 0 Å². The molecule has 0 radical (unpaired) electrons. The maximum absolute atomic E-state index is 3.97. The monoisotopic (exact) mass is 808 g/mol. The van der Waals surface area contributed by atoms with Crippen molar-refractivity contribution in [1.82, 2.24) is 4.57 Å². The van der Waals surface area contributed by atoms with Crippen molar-refractivity contribution in [3.8, 4) is 16.8 Å². The second-order valence-electron chi connectivity index (χ2n) is 17.5. The molecular weight excluding hydrogens is 763 g/mol. The van der Waals surface area contributed by atoms with Crippen LogP contribution in [0.2, 0.25) is 0 Å². The van der Waals surface area contributed by atoms with Crippen LogP contribution in [0.15, 0.2) is 206 Å². The molecule has 1 aromatic heterocycles. The van der Waals surface area contributed by atoms with E-state index in [-0.39, 0.29) is 5.41 Å². The van der Waals surface area contributed by atoms with Crippen LogP contribution >= 0.6 is 0 Å². The molecule has 4 nitrogen and oxygen atoms in total. The van der Waals surface area contributed by atoms with Crippen molar-refractivity contribution < 1.29 is 0 Å². The summed E-state index contributed by atoms with van der Waals surface area (Å²) in [6, 6.07) is 75.3. The highest BCUT2D eigenvalue weighted by atomic mass is 15.2. The number of fused-ring (bicyclic) bond motifs is 1. The Morgan fingerprint density at radius 1 is 0.492 bits per heavy atom. The molecule has 63 heavy (non-hydrogen) atoms. The van der Waals surface area contributed by atoms with Gasteiger partial charge in [0.05, 0.1) is 16.7 Å². The van der Waals surface area contributed by atoms with E-state index in [1.165, 1.54) is 60.7 Å². The van der Waals surface area contributed by atoms with Gasteiger partial charge in [-0.05, 0) is 108 Å². The Kier molecular flexibility index (Phi) is 8.48. The van der Waals surface area contributed by atoms with Crippen molar-refractivity contribution in [3.63, 3.8) is 0 Å². The summed E-state index contributed by atoms with van der Waals surface area (Å²) in [5.74, 6) is 0. The molecule has 9 aromatic carbocycles. The summed E-state index contributed by atoms with van der Waals surface area (Å²) < 4.78 is 2.64. The Morgan fingerprint density at radius 3 is 1.68 bits per heavy atom. The maximum Gasteiger partial charge on any atom is 0.198 e. The minimum Gasteiger partial charge on any atom is -0.355 e. The lowest BCUT2D eigenvalue weighted by atomic mass is 9.57. The Labute approximate surface area is 369 Å². The summed E-state index contributed by atoms with van der Waals surface area (Å²) in [7, 11) is 0.819. The van der Waals surface area contributed by atoms with Gasteiger partial charge in [-0.2, -0.15) is 0 Å². The molecule has 10 aromatic rings. The van der Waals surface area contributed by atoms with Crippen LogP contribution in [0.25, 0.3) is 38.6 Å². The molecule has 0 amide bonds. The zero-order chi connectivity index (χ0) is 42.2. The first-order chi connectivity index (χ1) is 30.9. The van der Waals surface area contributed by atoms with Crippen LogP contribution in [-0.4, -0.2) is 11.8 Å². The van der Waals surface area contributed by atoms with E-state index < -0.39 is 0 Å². The van der Waals surface area contributed by atoms with Gasteiger partial charge in [-0.25, -0.2) is 0 Å². The summed E-state index contributed by atoms with van der Waals surface area (Å²) in [5.41, 5.74) is 21.5. The van der Waals surface area contributed by atoms with Crippen molar-refractivity contribution in [2.75, 3.05) is 15.1 Å². The molecule has 0 atom stereocenters. The van der Waals surface area contributed by atoms with E-state index in [0.717, 1.165) is 58.3 Å². The van der Waals surface area contributed by atoms with Crippen LogP contribution in [-0.2, 0) is 5.41 Å². The lowest BCUT2D eigenvalue weighted by Gasteiger charge is -2.38. The molecule has 2 aliphatic heterocycles. The highest BCUT2D eigenvalue weighted by Gasteiger charge is 2.40. The van der Waals surface area contributed by atoms with E-state index in [1.54, 1.807) is 0 Å². The third-order valence-electron chi connectivity index (χ3n) is 13.4. The van der Waals surface area contributed by atoms with Gasteiger partial charge in [0.25, 0.3) is 0 Å². The lowest BCUT2D eigenvalue weighted by molar-refractivity contribution is 0.631. The van der Waals surface area contributed by atoms with E-state index in [0.29, 0.717) is 0 Å². The van der Waals surface area contributed by atoms with E-state index >= 15 is 0 Å². The predicted octanol–water partition coefficient (Wildman–Crippen LogP) is 13.8. The van der Waals surface area contributed by atoms with Crippen LogP contribution < -0.4 is 26.0 Å². The summed E-state index contributed by atoms with van der Waals surface area (Å²) >= 11 is 0. The average Bonchev–Trinajstić information content (AvgIpc) is 3.68. The number of para-hydroxylation sites is 6. The van der Waals surface area contributed by atoms with E-state index in [2.05, 4.69) is 247 Å². The molecule has 2 aliphatic rings. The van der Waals surface area contributed by atoms with Crippen LogP contribution in [0.4, 0.5) is 45.5 Å². The SMILES string of the molecule is Cc1ccc(Nc2cc(N(c3ccccc3)c3ccccc3)ccc2-c2cc(N(c3ccccc3)c3ccccc3)c3c4cccc5c4n4c3c2Bc2cccc(c2-4)C5(C)C)cc1. The molecule has 0 fully saturated rings. The predicted molar refractivity (Wildman–Crippen MR) is 269 cm³/mol. The van der Waals surface area contributed by atoms with Gasteiger partial charge in [0.1, 0.15) is 0 Å². The van der Waals surface area contributed by atoms with Crippen molar-refractivity contribution in [1.29, 1.82) is 0 Å². The molecular formula is C58H45BN4. The smallest absolute Gasteiger partial charge is 0.198 e. The Hall–Kier alpha value is -7.76. The number of nitrogens with one attached hydrogen (secondary N) is 1. The summed E-state index contributed by atoms with van der Waals surface area (Å²) in [6.07, 6.45) is 0. The van der Waals surface area contributed by atoms with Gasteiger partial charge < -0.3 is 19.7 Å². The quantitative estimate of drug-likeness (QED) is 0.147. The van der Waals surface area contributed by atoms with E-state index in [1.807, 2.05) is 0 Å². The number of aromatic nitrogens is 1. The summed E-state index contributed by atoms with van der Waals surface area (Å²) in [4.78, 5) is 4.82. The van der Waals surface area contributed by atoms with Crippen molar-refractivity contribution >= 4 is 85.5 Å². The highest BCUT2D eigenvalue weighted by Crippen LogP contribution is 2.52. The minimum atomic E-state index is -0.168. The standard InChI is InChI=1S/C58H45BN4/c1-38-30-32-39(33-31-38)60-51-36-44(61(40-18-8-4-9-19-40)41-20-10-5-11-21-41)34-35-45(51)47-37-52(62(42-22-12-6-13-23-42)43-24-14-7-15-25-43)53-46-26-16-27-48-55(46)63-56-49(58(48,2)3)28-17-29-50(56)59-54(47)57(53)63/h4-37,59-60H,1-3H3. The Morgan fingerprint density at radius 2 is 1.06 bits per heavy atom. The van der Waals surface area contributed by atoms with Gasteiger partial charge in [-0.15, -0.1) is 0 Å². The highest BCUT2D eigenvalue weighted by molar-refractivity contribution is 6.74. The summed E-state index contributed by atoms with van der Waals surface area (Å²) in [6.45, 7) is 6.95. The number of hydrogen-bond donors (Lipinski definition) is 1. The molecule has 1 N–H and O–H groups in total. The van der Waals surface area contributed by atoms with Gasteiger partial charge >= 0.3 is 0 Å². The average molecular weight is 809 g/mol. The molecule has 300 valence electrons. The number of hydrogen-bond acceptors (Lipinski definition) is 3. The zero-order valence-corrected chi connectivity index (χ0v) is 35.7. The zero-order valence-electron chi connectivity index (χ0n) is 35.7. The van der Waals surface area contributed by atoms with Crippen molar-refractivity contribution in [2.45, 2.75) is 26.2 Å². The molecule has 0 unspecified atom stereocenters. The number of anilines is 8. The van der Waals surface area contributed by atoms with Gasteiger partial charge in [0.2, 0.25) is 0 Å².